The standard InChI is InChI=1S/C22H25N5O6S2/c1-4-34(30,31)25-14-7-8-16-17(12-14)35(32,33)26-20(24-16)18-19(28)15-6-5-10-23-21(15)27(22(18)29)11-9-13(2)3/h5-8,10,12-13,25,28H,4,9,11H2,1-3H3,(H,24,26). The molecule has 0 unspecified atom stereocenters. The van der Waals surface area contributed by atoms with Gasteiger partial charge in [0.2, 0.25) is 10.0 Å². The van der Waals surface area contributed by atoms with Gasteiger partial charge in [0.05, 0.1) is 16.8 Å². The molecule has 0 amide bonds. The van der Waals surface area contributed by atoms with Gasteiger partial charge in [0, 0.05) is 18.4 Å². The van der Waals surface area contributed by atoms with Crippen LogP contribution >= 0.6 is 0 Å². The molecule has 1 aromatic carbocycles. The molecule has 11 nitrogen and oxygen atoms in total. The fourth-order valence-corrected chi connectivity index (χ4v) is 5.43. The predicted molar refractivity (Wildman–Crippen MR) is 134 cm³/mol. The quantitative estimate of drug-likeness (QED) is 0.429. The predicted octanol–water partition coefficient (Wildman–Crippen LogP) is 2.47. The number of nitrogens with one attached hydrogen (secondary N) is 2. The molecular weight excluding hydrogens is 494 g/mol. The molecule has 186 valence electrons. The second kappa shape index (κ2) is 8.96. The molecule has 3 heterocycles. The van der Waals surface area contributed by atoms with Crippen LogP contribution < -0.4 is 15.6 Å². The van der Waals surface area contributed by atoms with Gasteiger partial charge in [-0.15, -0.1) is 4.40 Å². The van der Waals surface area contributed by atoms with Crippen molar-refractivity contribution in [2.75, 3.05) is 15.8 Å². The third-order valence-electron chi connectivity index (χ3n) is 5.54. The Labute approximate surface area is 202 Å². The lowest BCUT2D eigenvalue weighted by Gasteiger charge is -2.21. The average molecular weight is 520 g/mol. The number of hydrogen-bond donors (Lipinski definition) is 3. The first-order chi connectivity index (χ1) is 16.4. The van der Waals surface area contributed by atoms with Crippen LogP contribution in [0.3, 0.4) is 0 Å². The summed E-state index contributed by atoms with van der Waals surface area (Å²) in [7, 11) is -7.96. The summed E-state index contributed by atoms with van der Waals surface area (Å²) < 4.78 is 57.2. The lowest BCUT2D eigenvalue weighted by molar-refractivity contribution is 0.473. The number of aryl methyl sites for hydroxylation is 1. The molecule has 0 atom stereocenters. The molecule has 0 saturated carbocycles. The van der Waals surface area contributed by atoms with E-state index in [1.807, 2.05) is 13.8 Å². The van der Waals surface area contributed by atoms with Gasteiger partial charge in [-0.3, -0.25) is 14.1 Å². The lowest BCUT2D eigenvalue weighted by atomic mass is 10.1. The molecular formula is C22H25N5O6S2. The first-order valence-corrected chi connectivity index (χ1v) is 14.0. The van der Waals surface area contributed by atoms with Gasteiger partial charge in [-0.1, -0.05) is 13.8 Å². The van der Waals surface area contributed by atoms with Gasteiger partial charge >= 0.3 is 0 Å². The van der Waals surface area contributed by atoms with E-state index in [1.165, 1.54) is 29.8 Å². The molecule has 0 aliphatic carbocycles. The molecule has 2 aromatic heterocycles. The fraction of sp³-hybridized carbons (Fsp3) is 0.318. The fourth-order valence-electron chi connectivity index (χ4n) is 3.65. The number of sulfonamides is 2. The molecule has 0 fully saturated rings. The van der Waals surface area contributed by atoms with E-state index in [0.29, 0.717) is 13.0 Å². The third kappa shape index (κ3) is 4.73. The second-order valence-electron chi connectivity index (χ2n) is 8.49. The second-order valence-corrected chi connectivity index (χ2v) is 12.1. The van der Waals surface area contributed by atoms with Crippen LogP contribution in [0, 0.1) is 5.92 Å². The monoisotopic (exact) mass is 519 g/mol. The number of aromatic hydroxyl groups is 1. The topological polar surface area (TPSA) is 160 Å². The first kappa shape index (κ1) is 24.7. The van der Waals surface area contributed by atoms with Gasteiger partial charge in [0.15, 0.2) is 5.84 Å². The van der Waals surface area contributed by atoms with Crippen molar-refractivity contribution >= 4 is 48.3 Å². The van der Waals surface area contributed by atoms with Crippen LogP contribution in [0.5, 0.6) is 5.75 Å². The Balaban J connectivity index is 1.86. The minimum Gasteiger partial charge on any atom is -0.506 e. The van der Waals surface area contributed by atoms with Crippen molar-refractivity contribution < 1.29 is 21.9 Å². The van der Waals surface area contributed by atoms with Crippen molar-refractivity contribution in [1.29, 1.82) is 0 Å². The maximum Gasteiger partial charge on any atom is 0.286 e. The highest BCUT2D eigenvalue weighted by Gasteiger charge is 2.30. The summed E-state index contributed by atoms with van der Waals surface area (Å²) in [6.07, 6.45) is 2.17. The number of amidine groups is 1. The van der Waals surface area contributed by atoms with Crippen molar-refractivity contribution in [1.82, 2.24) is 9.55 Å². The van der Waals surface area contributed by atoms with Crippen LogP contribution in [0.4, 0.5) is 11.4 Å². The highest BCUT2D eigenvalue weighted by molar-refractivity contribution is 7.92. The van der Waals surface area contributed by atoms with Crippen LogP contribution in [-0.4, -0.2) is 43.1 Å². The number of hydrogen-bond acceptors (Lipinski definition) is 8. The Kier molecular flexibility index (Phi) is 6.32. The number of nitrogens with zero attached hydrogens (tertiary/aromatic N) is 3. The van der Waals surface area contributed by atoms with Crippen molar-refractivity contribution in [3.63, 3.8) is 0 Å². The summed E-state index contributed by atoms with van der Waals surface area (Å²) in [5.74, 6) is -0.659. The van der Waals surface area contributed by atoms with E-state index in [1.54, 1.807) is 12.1 Å². The van der Waals surface area contributed by atoms with E-state index in [-0.39, 0.29) is 50.4 Å². The van der Waals surface area contributed by atoms with Gasteiger partial charge in [-0.2, -0.15) is 8.42 Å². The zero-order valence-corrected chi connectivity index (χ0v) is 20.9. The third-order valence-corrected chi connectivity index (χ3v) is 8.16. The van der Waals surface area contributed by atoms with Gasteiger partial charge in [0.25, 0.3) is 15.6 Å². The van der Waals surface area contributed by atoms with E-state index in [9.17, 15) is 26.7 Å². The molecule has 3 N–H and O–H groups in total. The summed E-state index contributed by atoms with van der Waals surface area (Å²) in [5.41, 5.74) is -0.490. The van der Waals surface area contributed by atoms with E-state index in [2.05, 4.69) is 19.4 Å². The minimum absolute atomic E-state index is 0.0605. The summed E-state index contributed by atoms with van der Waals surface area (Å²) in [4.78, 5) is 17.4. The molecule has 4 rings (SSSR count). The van der Waals surface area contributed by atoms with Gasteiger partial charge in [-0.25, -0.2) is 13.4 Å². The number of pyridine rings is 2. The van der Waals surface area contributed by atoms with E-state index < -0.39 is 31.4 Å². The number of fused-ring (bicyclic) bond motifs is 2. The maximum atomic E-state index is 13.5. The summed E-state index contributed by atoms with van der Waals surface area (Å²) in [5, 5.41) is 14.0. The van der Waals surface area contributed by atoms with Crippen LogP contribution in [-0.2, 0) is 26.6 Å². The SMILES string of the molecule is CCS(=O)(=O)Nc1ccc2c(c1)S(=O)(=O)N=C(c1c(O)c3cccnc3n(CCC(C)C)c1=O)N2. The van der Waals surface area contributed by atoms with Crippen molar-refractivity contribution in [2.24, 2.45) is 10.3 Å². The summed E-state index contributed by atoms with van der Waals surface area (Å²) >= 11 is 0. The van der Waals surface area contributed by atoms with E-state index >= 15 is 0 Å². The molecule has 0 spiro atoms. The Bertz CT molecular complexity index is 1630. The number of aromatic nitrogens is 2. The molecule has 35 heavy (non-hydrogen) atoms. The Morgan fingerprint density at radius 3 is 2.66 bits per heavy atom. The van der Waals surface area contributed by atoms with Crippen molar-refractivity contribution in [2.45, 2.75) is 38.6 Å². The largest absolute Gasteiger partial charge is 0.506 e. The van der Waals surface area contributed by atoms with Crippen LogP contribution in [0.1, 0.15) is 32.8 Å². The highest BCUT2D eigenvalue weighted by atomic mass is 32.2. The van der Waals surface area contributed by atoms with Crippen LogP contribution in [0.2, 0.25) is 0 Å². The first-order valence-electron chi connectivity index (χ1n) is 10.9. The van der Waals surface area contributed by atoms with E-state index in [4.69, 9.17) is 0 Å². The molecule has 13 heteroatoms. The van der Waals surface area contributed by atoms with Gasteiger partial charge < -0.3 is 10.4 Å². The van der Waals surface area contributed by atoms with Crippen LogP contribution in [0.25, 0.3) is 11.0 Å². The molecule has 0 bridgehead atoms. The molecule has 1 aliphatic heterocycles. The number of rotatable bonds is 7. The van der Waals surface area contributed by atoms with Gasteiger partial charge in [0.1, 0.15) is 21.9 Å². The molecule has 0 radical (unpaired) electrons. The zero-order valence-electron chi connectivity index (χ0n) is 19.3. The van der Waals surface area contributed by atoms with Crippen molar-refractivity contribution in [3.05, 3.63) is 52.4 Å². The summed E-state index contributed by atoms with van der Waals surface area (Å²) in [6.45, 7) is 5.78. The number of anilines is 2. The minimum atomic E-state index is -4.33. The normalized spacial score (nSPS) is 14.9. The Morgan fingerprint density at radius 1 is 1.23 bits per heavy atom. The Morgan fingerprint density at radius 2 is 1.97 bits per heavy atom. The van der Waals surface area contributed by atoms with E-state index in [0.717, 1.165) is 6.07 Å². The zero-order chi connectivity index (χ0) is 25.5. The molecule has 1 aliphatic rings. The molecule has 3 aromatic rings. The van der Waals surface area contributed by atoms with Crippen LogP contribution in [0.15, 0.2) is 50.6 Å². The highest BCUT2D eigenvalue weighted by Crippen LogP contribution is 2.33. The van der Waals surface area contributed by atoms with Gasteiger partial charge in [-0.05, 0) is 49.6 Å². The Hall–Kier alpha value is -3.45. The maximum absolute atomic E-state index is 13.5. The smallest absolute Gasteiger partial charge is 0.286 e. The molecule has 0 saturated heterocycles. The summed E-state index contributed by atoms with van der Waals surface area (Å²) in [6, 6.07) is 7.10. The van der Waals surface area contributed by atoms with Crippen molar-refractivity contribution in [3.8, 4) is 5.75 Å². The lowest BCUT2D eigenvalue weighted by Crippen LogP contribution is -2.33. The number of benzene rings is 1. The average Bonchev–Trinajstić information content (AvgIpc) is 2.79.